The van der Waals surface area contributed by atoms with Crippen LogP contribution in [0.1, 0.15) is 43.0 Å². The van der Waals surface area contributed by atoms with Gasteiger partial charge in [-0.15, -0.1) is 0 Å². The van der Waals surface area contributed by atoms with Crippen LogP contribution >= 0.6 is 0 Å². The summed E-state index contributed by atoms with van der Waals surface area (Å²) in [6, 6.07) is 2.55. The van der Waals surface area contributed by atoms with Crippen LogP contribution in [0.5, 0.6) is 0 Å². The highest BCUT2D eigenvalue weighted by Gasteiger charge is 2.31. The highest BCUT2D eigenvalue weighted by molar-refractivity contribution is 5.98. The number of benzene rings is 1. The minimum Gasteiger partial charge on any atom is -0.478 e. The average molecular weight is 322 g/mol. The van der Waals surface area contributed by atoms with Crippen LogP contribution in [0.4, 0.5) is 10.1 Å². The van der Waals surface area contributed by atoms with Gasteiger partial charge in [0.05, 0.1) is 11.3 Å². The number of halogens is 1. The number of likely N-dealkylation sites (tertiary alicyclic amines) is 1. The number of aromatic carboxylic acids is 1. The Morgan fingerprint density at radius 2 is 2.09 bits per heavy atom. The maximum absolute atomic E-state index is 13.8. The molecule has 1 aromatic rings. The summed E-state index contributed by atoms with van der Waals surface area (Å²) in [5.74, 6) is -2.54. The number of hydrogen-bond donors (Lipinski definition) is 2. The topological polar surface area (TPSA) is 86.7 Å². The first-order valence-corrected chi connectivity index (χ1v) is 7.57. The van der Waals surface area contributed by atoms with Gasteiger partial charge in [-0.25, -0.2) is 9.18 Å². The molecule has 2 rings (SSSR count). The number of nitrogens with one attached hydrogen (secondary N) is 1. The van der Waals surface area contributed by atoms with Crippen LogP contribution in [0.25, 0.3) is 0 Å². The van der Waals surface area contributed by atoms with E-state index in [4.69, 9.17) is 5.11 Å². The fourth-order valence-electron chi connectivity index (χ4n) is 2.68. The van der Waals surface area contributed by atoms with E-state index in [-0.39, 0.29) is 17.2 Å². The second-order valence-corrected chi connectivity index (χ2v) is 5.44. The van der Waals surface area contributed by atoms with Gasteiger partial charge in [0.15, 0.2) is 0 Å². The van der Waals surface area contributed by atoms with E-state index >= 15 is 0 Å². The molecule has 0 aromatic heterocycles. The number of amides is 2. The molecule has 0 saturated carbocycles. The molecule has 7 heteroatoms. The van der Waals surface area contributed by atoms with E-state index in [2.05, 4.69) is 5.32 Å². The normalized spacial score (nSPS) is 17.7. The zero-order valence-corrected chi connectivity index (χ0v) is 12.8. The van der Waals surface area contributed by atoms with Crippen LogP contribution in [-0.4, -0.2) is 40.4 Å². The molecule has 1 aromatic carbocycles. The largest absolute Gasteiger partial charge is 0.478 e. The summed E-state index contributed by atoms with van der Waals surface area (Å²) in [6.07, 6.45) is 2.45. The molecular weight excluding hydrogens is 303 g/mol. The number of rotatable bonds is 4. The lowest BCUT2D eigenvalue weighted by molar-refractivity contribution is -0.140. The van der Waals surface area contributed by atoms with Crippen molar-refractivity contribution in [2.75, 3.05) is 11.9 Å². The molecule has 23 heavy (non-hydrogen) atoms. The van der Waals surface area contributed by atoms with Gasteiger partial charge in [-0.3, -0.25) is 9.59 Å². The number of hydrogen-bond acceptors (Lipinski definition) is 3. The van der Waals surface area contributed by atoms with E-state index < -0.39 is 23.7 Å². The van der Waals surface area contributed by atoms with E-state index in [1.165, 1.54) is 4.90 Å². The van der Waals surface area contributed by atoms with Crippen LogP contribution in [-0.2, 0) is 9.59 Å². The van der Waals surface area contributed by atoms with Crippen LogP contribution in [0.15, 0.2) is 18.2 Å². The Kier molecular flexibility index (Phi) is 5.31. The number of carbonyl (C=O) groups is 3. The zero-order valence-electron chi connectivity index (χ0n) is 12.8. The number of carboxylic acids is 1. The Hall–Kier alpha value is -2.44. The average Bonchev–Trinajstić information content (AvgIpc) is 2.55. The van der Waals surface area contributed by atoms with E-state index in [0.29, 0.717) is 19.4 Å². The summed E-state index contributed by atoms with van der Waals surface area (Å²) in [5, 5.41) is 11.4. The molecule has 2 N–H and O–H groups in total. The molecule has 1 unspecified atom stereocenters. The summed E-state index contributed by atoms with van der Waals surface area (Å²) in [4.78, 5) is 36.8. The van der Waals surface area contributed by atoms with Gasteiger partial charge >= 0.3 is 5.97 Å². The molecule has 0 aliphatic carbocycles. The van der Waals surface area contributed by atoms with Crippen molar-refractivity contribution in [2.45, 2.75) is 38.6 Å². The van der Waals surface area contributed by atoms with E-state index in [1.807, 2.05) is 0 Å². The Morgan fingerprint density at radius 1 is 1.35 bits per heavy atom. The van der Waals surface area contributed by atoms with Gasteiger partial charge in [-0.05, 0) is 37.5 Å². The minimum absolute atomic E-state index is 0.119. The monoisotopic (exact) mass is 322 g/mol. The lowest BCUT2D eigenvalue weighted by atomic mass is 10.0. The Labute approximate surface area is 133 Å². The van der Waals surface area contributed by atoms with Crippen molar-refractivity contribution in [1.29, 1.82) is 0 Å². The first kappa shape index (κ1) is 16.9. The van der Waals surface area contributed by atoms with Gasteiger partial charge < -0.3 is 15.3 Å². The summed E-state index contributed by atoms with van der Waals surface area (Å²) < 4.78 is 13.8. The third-order valence-electron chi connectivity index (χ3n) is 3.90. The van der Waals surface area contributed by atoms with Crippen molar-refractivity contribution >= 4 is 23.5 Å². The highest BCUT2D eigenvalue weighted by Crippen LogP contribution is 2.22. The summed E-state index contributed by atoms with van der Waals surface area (Å²) in [7, 11) is 0. The third kappa shape index (κ3) is 3.85. The molecule has 0 bridgehead atoms. The van der Waals surface area contributed by atoms with Crippen LogP contribution in [0.3, 0.4) is 0 Å². The lowest BCUT2D eigenvalue weighted by Gasteiger charge is -2.34. The van der Waals surface area contributed by atoms with Gasteiger partial charge in [-0.1, -0.05) is 6.92 Å². The first-order chi connectivity index (χ1) is 10.9. The van der Waals surface area contributed by atoms with Crippen molar-refractivity contribution < 1.29 is 23.9 Å². The highest BCUT2D eigenvalue weighted by atomic mass is 19.1. The summed E-state index contributed by atoms with van der Waals surface area (Å²) in [6.45, 7) is 2.23. The summed E-state index contributed by atoms with van der Waals surface area (Å²) >= 11 is 0. The standard InChI is InChI=1S/C16H19FN2O4/c1-2-14(20)19-8-4-3-5-13(19)15(21)18-12-9-10(16(22)23)6-7-11(12)17/h6-7,9,13H,2-5,8H2,1H3,(H,18,21)(H,22,23). The summed E-state index contributed by atoms with van der Waals surface area (Å²) in [5.41, 5.74) is -0.309. The fraction of sp³-hybridized carbons (Fsp3) is 0.438. The predicted molar refractivity (Wildman–Crippen MR) is 81.6 cm³/mol. The van der Waals surface area contributed by atoms with Crippen LogP contribution in [0.2, 0.25) is 0 Å². The quantitative estimate of drug-likeness (QED) is 0.890. The van der Waals surface area contributed by atoms with Gasteiger partial charge in [-0.2, -0.15) is 0 Å². The number of nitrogens with zero attached hydrogens (tertiary/aromatic N) is 1. The maximum atomic E-state index is 13.8. The smallest absolute Gasteiger partial charge is 0.335 e. The number of carboxylic acid groups (broad SMARTS) is 1. The van der Waals surface area contributed by atoms with E-state index in [0.717, 1.165) is 31.0 Å². The predicted octanol–water partition coefficient (Wildman–Crippen LogP) is 2.25. The molecule has 1 heterocycles. The van der Waals surface area contributed by atoms with Gasteiger partial charge in [0.25, 0.3) is 0 Å². The molecule has 1 aliphatic heterocycles. The molecule has 0 spiro atoms. The van der Waals surface area contributed by atoms with Crippen molar-refractivity contribution in [1.82, 2.24) is 4.90 Å². The molecule has 6 nitrogen and oxygen atoms in total. The Balaban J connectivity index is 2.18. The number of piperidine rings is 1. The van der Waals surface area contributed by atoms with Crippen molar-refractivity contribution in [3.05, 3.63) is 29.6 Å². The second-order valence-electron chi connectivity index (χ2n) is 5.44. The van der Waals surface area contributed by atoms with Gasteiger partial charge in [0.2, 0.25) is 11.8 Å². The van der Waals surface area contributed by atoms with Crippen molar-refractivity contribution in [3.63, 3.8) is 0 Å². The van der Waals surface area contributed by atoms with Crippen LogP contribution in [0, 0.1) is 5.82 Å². The minimum atomic E-state index is -1.21. The molecule has 0 radical (unpaired) electrons. The third-order valence-corrected chi connectivity index (χ3v) is 3.90. The van der Waals surface area contributed by atoms with Crippen LogP contribution < -0.4 is 5.32 Å². The lowest BCUT2D eigenvalue weighted by Crippen LogP contribution is -2.49. The SMILES string of the molecule is CCC(=O)N1CCCCC1C(=O)Nc1cc(C(=O)O)ccc1F. The first-order valence-electron chi connectivity index (χ1n) is 7.57. The molecule has 1 fully saturated rings. The molecular formula is C16H19FN2O4. The molecule has 1 aliphatic rings. The Morgan fingerprint density at radius 3 is 2.74 bits per heavy atom. The number of anilines is 1. The number of carbonyl (C=O) groups excluding carboxylic acids is 2. The van der Waals surface area contributed by atoms with Crippen molar-refractivity contribution in [3.8, 4) is 0 Å². The molecule has 1 saturated heterocycles. The van der Waals surface area contributed by atoms with Crippen molar-refractivity contribution in [2.24, 2.45) is 0 Å². The zero-order chi connectivity index (χ0) is 17.0. The van der Waals surface area contributed by atoms with E-state index in [1.54, 1.807) is 6.92 Å². The van der Waals surface area contributed by atoms with E-state index in [9.17, 15) is 18.8 Å². The second kappa shape index (κ2) is 7.21. The molecule has 1 atom stereocenters. The molecule has 124 valence electrons. The fourth-order valence-corrected chi connectivity index (χ4v) is 2.68. The van der Waals surface area contributed by atoms with Gasteiger partial charge in [0.1, 0.15) is 11.9 Å². The maximum Gasteiger partial charge on any atom is 0.335 e. The Bertz CT molecular complexity index is 633. The van der Waals surface area contributed by atoms with Gasteiger partial charge in [0, 0.05) is 13.0 Å². The molecule has 2 amide bonds.